The lowest BCUT2D eigenvalue weighted by molar-refractivity contribution is -0.356. The minimum absolute atomic E-state index is 0.271. The molecule has 3 rings (SSSR count). The Morgan fingerprint density at radius 2 is 1.47 bits per heavy atom. The van der Waals surface area contributed by atoms with Crippen LogP contribution in [-0.4, -0.2) is 105 Å². The zero-order chi connectivity index (χ0) is 33.1. The topological polar surface area (TPSA) is 163 Å². The number of esters is 3. The molecule has 0 saturated carbocycles. The van der Waals surface area contributed by atoms with Crippen LogP contribution in [0.15, 0.2) is 30.3 Å². The molecule has 0 radical (unpaired) electrons. The van der Waals surface area contributed by atoms with Crippen LogP contribution in [0.25, 0.3) is 0 Å². The number of methoxy groups -OCH3 is 1. The maximum absolute atomic E-state index is 12.4. The van der Waals surface area contributed by atoms with E-state index >= 15 is 0 Å². The van der Waals surface area contributed by atoms with Crippen LogP contribution in [0.3, 0.4) is 0 Å². The van der Waals surface area contributed by atoms with Gasteiger partial charge in [0.15, 0.2) is 24.8 Å². The van der Waals surface area contributed by atoms with Gasteiger partial charge in [-0.05, 0) is 18.9 Å². The van der Waals surface area contributed by atoms with Crippen LogP contribution in [0.2, 0.25) is 0 Å². The van der Waals surface area contributed by atoms with Gasteiger partial charge in [0.1, 0.15) is 37.1 Å². The molecule has 14 heteroatoms. The van der Waals surface area contributed by atoms with Crippen LogP contribution < -0.4 is 5.32 Å². The molecule has 0 bridgehead atoms. The van der Waals surface area contributed by atoms with E-state index in [2.05, 4.69) is 5.32 Å². The summed E-state index contributed by atoms with van der Waals surface area (Å²) >= 11 is 0. The monoisotopic (exact) mass is 639 g/mol. The quantitative estimate of drug-likeness (QED) is 0.232. The van der Waals surface area contributed by atoms with Gasteiger partial charge in [-0.2, -0.15) is 0 Å². The number of carbonyl (C=O) groups excluding carboxylic acids is 4. The van der Waals surface area contributed by atoms with Crippen LogP contribution in [-0.2, 0) is 68.4 Å². The third-order valence-electron chi connectivity index (χ3n) is 7.12. The van der Waals surface area contributed by atoms with Crippen molar-refractivity contribution in [3.05, 3.63) is 35.9 Å². The Hall–Kier alpha value is -3.14. The molecule has 0 aromatic heterocycles. The fourth-order valence-corrected chi connectivity index (χ4v) is 5.31. The lowest BCUT2D eigenvalue weighted by Crippen LogP contribution is -2.69. The van der Waals surface area contributed by atoms with Gasteiger partial charge in [-0.15, -0.1) is 0 Å². The van der Waals surface area contributed by atoms with Gasteiger partial charge in [-0.1, -0.05) is 37.3 Å². The van der Waals surface area contributed by atoms with Crippen LogP contribution in [0.4, 0.5) is 0 Å². The molecule has 2 saturated heterocycles. The van der Waals surface area contributed by atoms with Crippen molar-refractivity contribution in [3.63, 3.8) is 0 Å². The fraction of sp³-hybridized carbons (Fsp3) is 0.677. The van der Waals surface area contributed by atoms with Crippen molar-refractivity contribution >= 4 is 23.8 Å². The van der Waals surface area contributed by atoms with E-state index in [-0.39, 0.29) is 13.2 Å². The molecule has 2 heterocycles. The number of amides is 1. The summed E-state index contributed by atoms with van der Waals surface area (Å²) in [6.07, 6.45) is -8.16. The van der Waals surface area contributed by atoms with E-state index < -0.39 is 85.2 Å². The maximum Gasteiger partial charge on any atom is 0.303 e. The molecule has 10 unspecified atom stereocenters. The van der Waals surface area contributed by atoms with Gasteiger partial charge in [0, 0.05) is 41.4 Å². The van der Waals surface area contributed by atoms with E-state index in [0.717, 1.165) is 5.56 Å². The van der Waals surface area contributed by atoms with Crippen molar-refractivity contribution < 1.29 is 61.8 Å². The van der Waals surface area contributed by atoms with Crippen LogP contribution >= 0.6 is 0 Å². The lowest BCUT2D eigenvalue weighted by Gasteiger charge is -2.49. The molecule has 14 nitrogen and oxygen atoms in total. The van der Waals surface area contributed by atoms with Gasteiger partial charge < -0.3 is 47.9 Å². The number of carbonyl (C=O) groups is 4. The maximum atomic E-state index is 12.4. The van der Waals surface area contributed by atoms with E-state index in [1.54, 1.807) is 0 Å². The van der Waals surface area contributed by atoms with E-state index in [4.69, 9.17) is 42.6 Å². The third kappa shape index (κ3) is 10.4. The zero-order valence-corrected chi connectivity index (χ0v) is 26.8. The number of hydrogen-bond donors (Lipinski definition) is 1. The highest BCUT2D eigenvalue weighted by Crippen LogP contribution is 2.34. The summed E-state index contributed by atoms with van der Waals surface area (Å²) in [4.78, 5) is 48.5. The molecule has 2 aliphatic heterocycles. The molecule has 2 fully saturated rings. The number of nitrogens with one attached hydrogen (secondary N) is 1. The Morgan fingerprint density at radius 3 is 2.04 bits per heavy atom. The van der Waals surface area contributed by atoms with Crippen LogP contribution in [0, 0.1) is 0 Å². The second-order valence-electron chi connectivity index (χ2n) is 10.9. The number of ether oxygens (including phenoxy) is 9. The smallest absolute Gasteiger partial charge is 0.303 e. The summed E-state index contributed by atoms with van der Waals surface area (Å²) in [6, 6.07) is 8.43. The zero-order valence-electron chi connectivity index (χ0n) is 26.8. The van der Waals surface area contributed by atoms with Gasteiger partial charge >= 0.3 is 17.9 Å². The molecule has 2 aliphatic rings. The molecule has 1 N–H and O–H groups in total. The normalized spacial score (nSPS) is 31.4. The van der Waals surface area contributed by atoms with Crippen molar-refractivity contribution in [2.24, 2.45) is 0 Å². The molecule has 10 atom stereocenters. The minimum Gasteiger partial charge on any atom is -0.463 e. The van der Waals surface area contributed by atoms with Crippen molar-refractivity contribution in [1.82, 2.24) is 5.32 Å². The molecule has 252 valence electrons. The average Bonchev–Trinajstić information content (AvgIpc) is 2.98. The number of rotatable bonds is 14. The van der Waals surface area contributed by atoms with E-state index in [0.29, 0.717) is 13.0 Å². The Morgan fingerprint density at radius 1 is 0.800 bits per heavy atom. The molecule has 1 aromatic rings. The van der Waals surface area contributed by atoms with Crippen molar-refractivity contribution in [2.75, 3.05) is 20.3 Å². The minimum atomic E-state index is -1.35. The second kappa shape index (κ2) is 17.5. The highest BCUT2D eigenvalue weighted by atomic mass is 16.8. The van der Waals surface area contributed by atoms with Crippen LogP contribution in [0.5, 0.6) is 0 Å². The lowest BCUT2D eigenvalue weighted by atomic mass is 9.95. The summed E-state index contributed by atoms with van der Waals surface area (Å²) in [6.45, 7) is 8.86. The second-order valence-corrected chi connectivity index (χ2v) is 10.9. The summed E-state index contributed by atoms with van der Waals surface area (Å²) < 4.78 is 53.5. The van der Waals surface area contributed by atoms with Gasteiger partial charge in [-0.25, -0.2) is 0 Å². The largest absolute Gasteiger partial charge is 0.463 e. The first-order valence-electron chi connectivity index (χ1n) is 15.0. The molecule has 0 aliphatic carbocycles. The standard InChI is InChI=1S/C31H45NO13/c1-8-14-38-28-25(40-15-22-12-10-9-11-13-22)17(2)41-31(37-7)29(28)45-30-24(32-18(3)33)27(43-21(6)36)26(42-20(5)35)23(44-30)16-39-19(4)34/h9-13,17,23-31H,8,14-16H2,1-7H3,(H,32,33). The molecular weight excluding hydrogens is 594 g/mol. The molecular formula is C31H45NO13. The predicted molar refractivity (Wildman–Crippen MR) is 155 cm³/mol. The van der Waals surface area contributed by atoms with Crippen molar-refractivity contribution in [2.45, 2.75) is 116 Å². The van der Waals surface area contributed by atoms with Gasteiger partial charge in [0.05, 0.1) is 12.7 Å². The van der Waals surface area contributed by atoms with Crippen LogP contribution in [0.1, 0.15) is 53.5 Å². The summed E-state index contributed by atoms with van der Waals surface area (Å²) in [5.41, 5.74) is 0.945. The number of hydrogen-bond acceptors (Lipinski definition) is 13. The average molecular weight is 640 g/mol. The Balaban J connectivity index is 2.01. The molecule has 1 aromatic carbocycles. The first-order valence-corrected chi connectivity index (χ1v) is 15.0. The predicted octanol–water partition coefficient (Wildman–Crippen LogP) is 1.80. The first kappa shape index (κ1) is 36.3. The van der Waals surface area contributed by atoms with Gasteiger partial charge in [-0.3, -0.25) is 19.2 Å². The number of benzene rings is 1. The van der Waals surface area contributed by atoms with E-state index in [1.165, 1.54) is 34.8 Å². The highest BCUT2D eigenvalue weighted by molar-refractivity contribution is 5.73. The molecule has 1 amide bonds. The van der Waals surface area contributed by atoms with Crippen molar-refractivity contribution in [1.29, 1.82) is 0 Å². The third-order valence-corrected chi connectivity index (χ3v) is 7.12. The summed E-state index contributed by atoms with van der Waals surface area (Å²) in [5.74, 6) is -2.56. The highest BCUT2D eigenvalue weighted by Gasteiger charge is 2.55. The van der Waals surface area contributed by atoms with Crippen molar-refractivity contribution in [3.8, 4) is 0 Å². The Bertz CT molecular complexity index is 1120. The summed E-state index contributed by atoms with van der Waals surface area (Å²) in [7, 11) is 1.45. The Kier molecular flexibility index (Phi) is 14.1. The summed E-state index contributed by atoms with van der Waals surface area (Å²) in [5, 5.41) is 2.70. The van der Waals surface area contributed by atoms with Gasteiger partial charge in [0.2, 0.25) is 5.91 Å². The fourth-order valence-electron chi connectivity index (χ4n) is 5.31. The Labute approximate surface area is 263 Å². The van der Waals surface area contributed by atoms with E-state index in [1.807, 2.05) is 44.2 Å². The van der Waals surface area contributed by atoms with Gasteiger partial charge in [0.25, 0.3) is 0 Å². The molecule has 0 spiro atoms. The van der Waals surface area contributed by atoms with E-state index in [9.17, 15) is 19.2 Å². The molecule has 45 heavy (non-hydrogen) atoms. The SMILES string of the molecule is CCCOC1C(OCc2ccccc2)C(C)OC(OC)C1OC1OC(COC(C)=O)C(OC(C)=O)C(OC(C)=O)C1NC(C)=O. The first-order chi connectivity index (χ1) is 21.4.